The SMILES string of the molecule is CC(C)(c1ccc(F)cc1)c1nc2c(c(=O)[nH]1)CCC2. The molecule has 0 aliphatic heterocycles. The Morgan fingerprint density at radius 1 is 1.20 bits per heavy atom. The van der Waals surface area contributed by atoms with E-state index in [1.807, 2.05) is 13.8 Å². The van der Waals surface area contributed by atoms with Gasteiger partial charge in [0.2, 0.25) is 0 Å². The summed E-state index contributed by atoms with van der Waals surface area (Å²) in [7, 11) is 0. The fraction of sp³-hybridized carbons (Fsp3) is 0.375. The molecule has 0 saturated carbocycles. The highest BCUT2D eigenvalue weighted by molar-refractivity contribution is 5.33. The number of hydrogen-bond acceptors (Lipinski definition) is 2. The molecule has 2 aromatic rings. The molecular weight excluding hydrogens is 255 g/mol. The minimum atomic E-state index is -0.454. The Morgan fingerprint density at radius 2 is 1.90 bits per heavy atom. The van der Waals surface area contributed by atoms with E-state index in [-0.39, 0.29) is 11.4 Å². The third kappa shape index (κ3) is 2.05. The first-order valence-corrected chi connectivity index (χ1v) is 6.87. The van der Waals surface area contributed by atoms with Crippen LogP contribution in [0.15, 0.2) is 29.1 Å². The molecule has 3 nitrogen and oxygen atoms in total. The second kappa shape index (κ2) is 4.54. The van der Waals surface area contributed by atoms with Crippen LogP contribution in [0.5, 0.6) is 0 Å². The van der Waals surface area contributed by atoms with Crippen LogP contribution in [0.4, 0.5) is 4.39 Å². The van der Waals surface area contributed by atoms with Gasteiger partial charge in [-0.3, -0.25) is 4.79 Å². The van der Waals surface area contributed by atoms with Gasteiger partial charge in [-0.25, -0.2) is 9.37 Å². The molecule has 0 bridgehead atoms. The molecule has 0 amide bonds. The average Bonchev–Trinajstić information content (AvgIpc) is 2.88. The number of hydrogen-bond donors (Lipinski definition) is 1. The van der Waals surface area contributed by atoms with Crippen LogP contribution >= 0.6 is 0 Å². The maximum Gasteiger partial charge on any atom is 0.254 e. The van der Waals surface area contributed by atoms with Crippen molar-refractivity contribution in [2.24, 2.45) is 0 Å². The third-order valence-electron chi connectivity index (χ3n) is 4.10. The summed E-state index contributed by atoms with van der Waals surface area (Å²) in [5, 5.41) is 0. The molecule has 4 heteroatoms. The number of fused-ring (bicyclic) bond motifs is 1. The van der Waals surface area contributed by atoms with E-state index in [1.54, 1.807) is 12.1 Å². The second-order valence-electron chi connectivity index (χ2n) is 5.83. The quantitative estimate of drug-likeness (QED) is 0.913. The molecule has 20 heavy (non-hydrogen) atoms. The number of nitrogens with one attached hydrogen (secondary N) is 1. The maximum atomic E-state index is 13.0. The second-order valence-corrected chi connectivity index (χ2v) is 5.83. The van der Waals surface area contributed by atoms with Crippen LogP contribution in [-0.2, 0) is 18.3 Å². The predicted octanol–water partition coefficient (Wildman–Crippen LogP) is 2.72. The summed E-state index contributed by atoms with van der Waals surface area (Å²) in [5.74, 6) is 0.384. The van der Waals surface area contributed by atoms with Crippen molar-refractivity contribution in [2.75, 3.05) is 0 Å². The Bertz CT molecular complexity index is 701. The van der Waals surface area contributed by atoms with Crippen molar-refractivity contribution in [3.8, 4) is 0 Å². The molecule has 1 aliphatic rings. The van der Waals surface area contributed by atoms with E-state index in [0.29, 0.717) is 5.82 Å². The van der Waals surface area contributed by atoms with Gasteiger partial charge in [0.15, 0.2) is 0 Å². The van der Waals surface area contributed by atoms with Crippen molar-refractivity contribution >= 4 is 0 Å². The van der Waals surface area contributed by atoms with Crippen molar-refractivity contribution in [3.05, 3.63) is 63.1 Å². The Balaban J connectivity index is 2.09. The summed E-state index contributed by atoms with van der Waals surface area (Å²) in [4.78, 5) is 19.6. The first-order chi connectivity index (χ1) is 9.48. The summed E-state index contributed by atoms with van der Waals surface area (Å²) in [5.41, 5.74) is 2.19. The van der Waals surface area contributed by atoms with Crippen LogP contribution < -0.4 is 5.56 Å². The standard InChI is InChI=1S/C16H17FN2O/c1-16(2,10-6-8-11(17)9-7-10)15-18-13-5-3-4-12(13)14(20)19-15/h6-9H,3-5H2,1-2H3,(H,18,19,20). The van der Waals surface area contributed by atoms with Crippen LogP contribution in [-0.4, -0.2) is 9.97 Å². The lowest BCUT2D eigenvalue weighted by molar-refractivity contribution is 0.576. The number of H-pyrrole nitrogens is 1. The lowest BCUT2D eigenvalue weighted by Crippen LogP contribution is -2.28. The Hall–Kier alpha value is -1.97. The van der Waals surface area contributed by atoms with Gasteiger partial charge in [-0.15, -0.1) is 0 Å². The molecule has 1 N–H and O–H groups in total. The smallest absolute Gasteiger partial charge is 0.254 e. The number of halogens is 1. The molecule has 1 heterocycles. The summed E-state index contributed by atoms with van der Waals surface area (Å²) in [6.07, 6.45) is 2.67. The number of nitrogens with zero attached hydrogens (tertiary/aromatic N) is 1. The predicted molar refractivity (Wildman–Crippen MR) is 75.4 cm³/mol. The summed E-state index contributed by atoms with van der Waals surface area (Å²) < 4.78 is 13.0. The number of aryl methyl sites for hydroxylation is 1. The zero-order valence-electron chi connectivity index (χ0n) is 11.7. The molecule has 3 rings (SSSR count). The van der Waals surface area contributed by atoms with Gasteiger partial charge in [-0.2, -0.15) is 0 Å². The van der Waals surface area contributed by atoms with Gasteiger partial charge in [0.1, 0.15) is 11.6 Å². The maximum absolute atomic E-state index is 13.0. The van der Waals surface area contributed by atoms with Crippen molar-refractivity contribution in [3.63, 3.8) is 0 Å². The van der Waals surface area contributed by atoms with Crippen molar-refractivity contribution in [1.29, 1.82) is 0 Å². The van der Waals surface area contributed by atoms with Gasteiger partial charge >= 0.3 is 0 Å². The van der Waals surface area contributed by atoms with Gasteiger partial charge in [0, 0.05) is 11.0 Å². The molecule has 1 aromatic heterocycles. The van der Waals surface area contributed by atoms with Crippen LogP contribution in [0.1, 0.15) is 42.9 Å². The van der Waals surface area contributed by atoms with E-state index in [2.05, 4.69) is 9.97 Å². The minimum absolute atomic E-state index is 0.0299. The van der Waals surface area contributed by atoms with Crippen molar-refractivity contribution in [2.45, 2.75) is 38.5 Å². The topological polar surface area (TPSA) is 45.8 Å². The molecule has 1 aliphatic carbocycles. The molecule has 0 unspecified atom stereocenters. The number of aromatic amines is 1. The number of benzene rings is 1. The zero-order chi connectivity index (χ0) is 14.3. The lowest BCUT2D eigenvalue weighted by Gasteiger charge is -2.24. The molecular formula is C16H17FN2O. The first kappa shape index (κ1) is 13.0. The van der Waals surface area contributed by atoms with E-state index in [1.165, 1.54) is 12.1 Å². The molecule has 104 valence electrons. The summed E-state index contributed by atoms with van der Waals surface area (Å²) >= 11 is 0. The van der Waals surface area contributed by atoms with E-state index < -0.39 is 5.41 Å². The normalized spacial score (nSPS) is 14.3. The number of aromatic nitrogens is 2. The van der Waals surface area contributed by atoms with Gasteiger partial charge in [-0.1, -0.05) is 12.1 Å². The van der Waals surface area contributed by atoms with Crippen LogP contribution in [0, 0.1) is 5.82 Å². The molecule has 0 fully saturated rings. The fourth-order valence-electron chi connectivity index (χ4n) is 2.74. The zero-order valence-corrected chi connectivity index (χ0v) is 11.7. The first-order valence-electron chi connectivity index (χ1n) is 6.87. The highest BCUT2D eigenvalue weighted by atomic mass is 19.1. The van der Waals surface area contributed by atoms with Gasteiger partial charge < -0.3 is 4.98 Å². The fourth-order valence-corrected chi connectivity index (χ4v) is 2.74. The highest BCUT2D eigenvalue weighted by Gasteiger charge is 2.28. The molecule has 0 spiro atoms. The van der Waals surface area contributed by atoms with E-state index in [9.17, 15) is 9.18 Å². The average molecular weight is 272 g/mol. The Morgan fingerprint density at radius 3 is 2.60 bits per heavy atom. The Kier molecular flexibility index (Phi) is 2.96. The minimum Gasteiger partial charge on any atom is -0.310 e. The van der Waals surface area contributed by atoms with Crippen LogP contribution in [0.2, 0.25) is 0 Å². The molecule has 0 radical (unpaired) electrons. The van der Waals surface area contributed by atoms with Crippen molar-refractivity contribution < 1.29 is 4.39 Å². The molecule has 0 saturated heterocycles. The van der Waals surface area contributed by atoms with Crippen LogP contribution in [0.3, 0.4) is 0 Å². The van der Waals surface area contributed by atoms with Crippen LogP contribution in [0.25, 0.3) is 0 Å². The van der Waals surface area contributed by atoms with E-state index in [4.69, 9.17) is 0 Å². The number of rotatable bonds is 2. The summed E-state index contributed by atoms with van der Waals surface area (Å²) in [6, 6.07) is 6.34. The van der Waals surface area contributed by atoms with Gasteiger partial charge in [0.05, 0.1) is 5.69 Å². The largest absolute Gasteiger partial charge is 0.310 e. The molecule has 1 aromatic carbocycles. The lowest BCUT2D eigenvalue weighted by atomic mass is 9.83. The van der Waals surface area contributed by atoms with Crippen molar-refractivity contribution in [1.82, 2.24) is 9.97 Å². The van der Waals surface area contributed by atoms with Gasteiger partial charge in [-0.05, 0) is 50.8 Å². The Labute approximate surface area is 116 Å². The highest BCUT2D eigenvalue weighted by Crippen LogP contribution is 2.29. The van der Waals surface area contributed by atoms with E-state index in [0.717, 1.165) is 36.1 Å². The third-order valence-corrected chi connectivity index (χ3v) is 4.10. The summed E-state index contributed by atoms with van der Waals surface area (Å²) in [6.45, 7) is 3.97. The van der Waals surface area contributed by atoms with E-state index >= 15 is 0 Å². The molecule has 0 atom stereocenters. The van der Waals surface area contributed by atoms with Gasteiger partial charge in [0.25, 0.3) is 5.56 Å². The monoisotopic (exact) mass is 272 g/mol.